The number of ether oxygens (including phenoxy) is 1. The molecule has 0 heterocycles. The molecule has 4 atom stereocenters. The molecular weight excluding hydrogens is 220 g/mol. The lowest BCUT2D eigenvalue weighted by Gasteiger charge is -2.47. The van der Waals surface area contributed by atoms with Gasteiger partial charge >= 0.3 is 0 Å². The lowest BCUT2D eigenvalue weighted by atomic mass is 9.60. The van der Waals surface area contributed by atoms with Crippen LogP contribution in [0.3, 0.4) is 0 Å². The molecule has 0 amide bonds. The van der Waals surface area contributed by atoms with E-state index in [0.29, 0.717) is 11.8 Å². The van der Waals surface area contributed by atoms with Gasteiger partial charge in [0.15, 0.2) is 0 Å². The maximum atomic E-state index is 5.85. The zero-order valence-electron chi connectivity index (χ0n) is 11.5. The molecule has 3 aliphatic rings. The highest BCUT2D eigenvalue weighted by atomic mass is 16.5. The van der Waals surface area contributed by atoms with E-state index in [1.807, 2.05) is 7.11 Å². The largest absolute Gasteiger partial charge is 0.376 e. The molecule has 0 aliphatic heterocycles. The molecule has 0 fully saturated rings. The average molecular weight is 242 g/mol. The van der Waals surface area contributed by atoms with E-state index in [0.717, 1.165) is 0 Å². The van der Waals surface area contributed by atoms with Gasteiger partial charge in [-0.05, 0) is 29.7 Å². The fraction of sp³-hybridized carbons (Fsp3) is 0.529. The highest BCUT2D eigenvalue weighted by Gasteiger charge is 2.44. The smallest absolute Gasteiger partial charge is 0.0891 e. The van der Waals surface area contributed by atoms with Gasteiger partial charge in [-0.1, -0.05) is 55.9 Å². The minimum absolute atomic E-state index is 0.221. The molecule has 0 radical (unpaired) electrons. The van der Waals surface area contributed by atoms with Gasteiger partial charge in [-0.15, -0.1) is 0 Å². The van der Waals surface area contributed by atoms with Crippen LogP contribution in [0.4, 0.5) is 0 Å². The number of rotatable bonds is 1. The predicted octanol–water partition coefficient (Wildman–Crippen LogP) is 4.05. The molecule has 3 aliphatic carbocycles. The van der Waals surface area contributed by atoms with Gasteiger partial charge < -0.3 is 4.74 Å². The maximum Gasteiger partial charge on any atom is 0.0891 e. The molecule has 0 N–H and O–H groups in total. The Bertz CT molecular complexity index is 466. The van der Waals surface area contributed by atoms with E-state index >= 15 is 0 Å². The molecule has 96 valence electrons. The first-order valence-electron chi connectivity index (χ1n) is 6.94. The van der Waals surface area contributed by atoms with E-state index in [2.05, 4.69) is 50.3 Å². The summed E-state index contributed by atoms with van der Waals surface area (Å²) in [6.07, 6.45) is 16.2. The van der Waals surface area contributed by atoms with E-state index in [1.165, 1.54) is 18.4 Å². The summed E-state index contributed by atoms with van der Waals surface area (Å²) >= 11 is 0. The Labute approximate surface area is 110 Å². The van der Waals surface area contributed by atoms with Gasteiger partial charge in [0.2, 0.25) is 0 Å². The van der Waals surface area contributed by atoms with Crippen LogP contribution in [0, 0.1) is 17.3 Å². The van der Waals surface area contributed by atoms with Gasteiger partial charge in [0.25, 0.3) is 0 Å². The Balaban J connectivity index is 2.09. The molecule has 1 nitrogen and oxygen atoms in total. The Hall–Kier alpha value is -1.08. The highest BCUT2D eigenvalue weighted by Crippen LogP contribution is 2.51. The van der Waals surface area contributed by atoms with Gasteiger partial charge in [0, 0.05) is 13.0 Å². The summed E-state index contributed by atoms with van der Waals surface area (Å²) in [7, 11) is 1.85. The van der Waals surface area contributed by atoms with Crippen LogP contribution >= 0.6 is 0 Å². The average Bonchev–Trinajstić information content (AvgIpc) is 2.36. The Morgan fingerprint density at radius 1 is 1.33 bits per heavy atom. The van der Waals surface area contributed by atoms with Crippen LogP contribution in [0.5, 0.6) is 0 Å². The summed E-state index contributed by atoms with van der Waals surface area (Å²) in [6, 6.07) is 0. The van der Waals surface area contributed by atoms with E-state index in [-0.39, 0.29) is 11.5 Å². The zero-order valence-corrected chi connectivity index (χ0v) is 11.5. The van der Waals surface area contributed by atoms with Gasteiger partial charge in [-0.25, -0.2) is 0 Å². The van der Waals surface area contributed by atoms with Crippen molar-refractivity contribution in [2.24, 2.45) is 17.3 Å². The van der Waals surface area contributed by atoms with Crippen molar-refractivity contribution in [3.8, 4) is 0 Å². The van der Waals surface area contributed by atoms with Crippen LogP contribution in [0.25, 0.3) is 0 Å². The second-order valence-electron chi connectivity index (χ2n) is 6.13. The molecule has 0 spiro atoms. The van der Waals surface area contributed by atoms with Crippen molar-refractivity contribution in [1.29, 1.82) is 0 Å². The van der Waals surface area contributed by atoms with Gasteiger partial charge in [0.1, 0.15) is 0 Å². The predicted molar refractivity (Wildman–Crippen MR) is 75.2 cm³/mol. The molecule has 18 heavy (non-hydrogen) atoms. The third-order valence-electron chi connectivity index (χ3n) is 4.88. The molecule has 0 saturated carbocycles. The number of hydrogen-bond donors (Lipinski definition) is 0. The van der Waals surface area contributed by atoms with Crippen LogP contribution in [0.2, 0.25) is 0 Å². The summed E-state index contributed by atoms with van der Waals surface area (Å²) in [5.74, 6) is 1.14. The molecular formula is C17H22O. The highest BCUT2D eigenvalue weighted by molar-refractivity contribution is 5.42. The zero-order chi connectivity index (χ0) is 12.8. The fourth-order valence-corrected chi connectivity index (χ4v) is 3.78. The van der Waals surface area contributed by atoms with Crippen LogP contribution in [0.15, 0.2) is 47.6 Å². The Morgan fingerprint density at radius 2 is 2.17 bits per heavy atom. The molecule has 1 heteroatoms. The summed E-state index contributed by atoms with van der Waals surface area (Å²) < 4.78 is 5.85. The number of methoxy groups -OCH3 is 1. The second kappa shape index (κ2) is 4.24. The summed E-state index contributed by atoms with van der Waals surface area (Å²) in [6.45, 7) is 4.72. The first-order valence-corrected chi connectivity index (χ1v) is 6.94. The third kappa shape index (κ3) is 1.65. The SMILES string of the molecule is COC1C2=C(CC3(C)C=CC=CC13)C(C)CC=C2. The van der Waals surface area contributed by atoms with Crippen molar-refractivity contribution in [3.05, 3.63) is 47.6 Å². The van der Waals surface area contributed by atoms with Crippen molar-refractivity contribution in [2.45, 2.75) is 32.8 Å². The minimum atomic E-state index is 0.221. The van der Waals surface area contributed by atoms with E-state index < -0.39 is 0 Å². The first-order chi connectivity index (χ1) is 8.65. The fourth-order valence-electron chi connectivity index (χ4n) is 3.78. The normalized spacial score (nSPS) is 41.8. The standard InChI is InChI=1S/C17H22O/c1-12-7-6-8-13-14(12)11-17(2)10-5-4-9-15(17)16(13)18-3/h4-6,8-10,12,15-16H,7,11H2,1-3H3. The topological polar surface area (TPSA) is 9.23 Å². The van der Waals surface area contributed by atoms with Crippen LogP contribution in [0.1, 0.15) is 26.7 Å². The lowest BCUT2D eigenvalue weighted by Crippen LogP contribution is -2.42. The first kappa shape index (κ1) is 12.0. The molecule has 4 unspecified atom stereocenters. The number of hydrogen-bond acceptors (Lipinski definition) is 1. The minimum Gasteiger partial charge on any atom is -0.376 e. The van der Waals surface area contributed by atoms with Gasteiger partial charge in [-0.2, -0.15) is 0 Å². The number of allylic oxidation sites excluding steroid dienone is 5. The van der Waals surface area contributed by atoms with Crippen molar-refractivity contribution >= 4 is 0 Å². The van der Waals surface area contributed by atoms with Crippen LogP contribution in [-0.2, 0) is 4.74 Å². The van der Waals surface area contributed by atoms with Crippen molar-refractivity contribution in [3.63, 3.8) is 0 Å². The Kier molecular flexibility index (Phi) is 2.82. The van der Waals surface area contributed by atoms with Crippen LogP contribution < -0.4 is 0 Å². The summed E-state index contributed by atoms with van der Waals surface area (Å²) in [4.78, 5) is 0. The monoisotopic (exact) mass is 242 g/mol. The second-order valence-corrected chi connectivity index (χ2v) is 6.13. The van der Waals surface area contributed by atoms with Crippen molar-refractivity contribution in [2.75, 3.05) is 7.11 Å². The van der Waals surface area contributed by atoms with E-state index in [4.69, 9.17) is 4.74 Å². The molecule has 3 rings (SSSR count). The summed E-state index contributed by atoms with van der Waals surface area (Å²) in [5.41, 5.74) is 3.29. The Morgan fingerprint density at radius 3 is 2.94 bits per heavy atom. The third-order valence-corrected chi connectivity index (χ3v) is 4.88. The van der Waals surface area contributed by atoms with Crippen molar-refractivity contribution in [1.82, 2.24) is 0 Å². The van der Waals surface area contributed by atoms with Crippen LogP contribution in [-0.4, -0.2) is 13.2 Å². The van der Waals surface area contributed by atoms with E-state index in [9.17, 15) is 0 Å². The van der Waals surface area contributed by atoms with Crippen molar-refractivity contribution < 1.29 is 4.74 Å². The summed E-state index contributed by atoms with van der Waals surface area (Å²) in [5, 5.41) is 0. The number of fused-ring (bicyclic) bond motifs is 1. The molecule has 0 aromatic carbocycles. The maximum absolute atomic E-state index is 5.85. The molecule has 0 bridgehead atoms. The molecule has 0 saturated heterocycles. The van der Waals surface area contributed by atoms with Gasteiger partial charge in [0.05, 0.1) is 6.10 Å². The van der Waals surface area contributed by atoms with Gasteiger partial charge in [-0.3, -0.25) is 0 Å². The molecule has 0 aromatic heterocycles. The molecule has 0 aromatic rings. The lowest BCUT2D eigenvalue weighted by molar-refractivity contribution is 0.0449. The van der Waals surface area contributed by atoms with E-state index in [1.54, 1.807) is 5.57 Å². The quantitative estimate of drug-likeness (QED) is 0.674.